The van der Waals surface area contributed by atoms with Gasteiger partial charge >= 0.3 is 5.97 Å². The Balaban J connectivity index is 2.00. The Bertz CT molecular complexity index is 580. The van der Waals surface area contributed by atoms with Gasteiger partial charge in [0.15, 0.2) is 5.60 Å². The molecule has 0 aliphatic heterocycles. The molecule has 0 bridgehead atoms. The van der Waals surface area contributed by atoms with Gasteiger partial charge in [-0.05, 0) is 17.9 Å². The summed E-state index contributed by atoms with van der Waals surface area (Å²) < 4.78 is 5.67. The van der Waals surface area contributed by atoms with Crippen LogP contribution >= 0.6 is 0 Å². The second-order valence-corrected chi connectivity index (χ2v) is 6.38. The summed E-state index contributed by atoms with van der Waals surface area (Å²) in [7, 11) is 0. The van der Waals surface area contributed by atoms with Crippen molar-refractivity contribution in [2.75, 3.05) is 6.61 Å². The minimum absolute atomic E-state index is 0.0108. The molecule has 5 N–H and O–H groups in total. The maximum atomic E-state index is 11.5. The molecule has 4 atom stereocenters. The summed E-state index contributed by atoms with van der Waals surface area (Å²) in [4.78, 5) is 22.7. The largest absolute Gasteiger partial charge is 0.479 e. The van der Waals surface area contributed by atoms with Gasteiger partial charge in [0.2, 0.25) is 5.91 Å². The first kappa shape index (κ1) is 18.4. The van der Waals surface area contributed by atoms with Crippen molar-refractivity contribution in [1.82, 2.24) is 5.32 Å². The minimum Gasteiger partial charge on any atom is -0.479 e. The lowest BCUT2D eigenvalue weighted by molar-refractivity contribution is -0.158. The molecule has 1 aromatic carbocycles. The highest BCUT2D eigenvalue weighted by Crippen LogP contribution is 2.36. The van der Waals surface area contributed by atoms with Gasteiger partial charge in [0.1, 0.15) is 0 Å². The van der Waals surface area contributed by atoms with E-state index in [0.717, 1.165) is 5.56 Å². The van der Waals surface area contributed by atoms with Crippen molar-refractivity contribution in [3.05, 3.63) is 35.9 Å². The highest BCUT2D eigenvalue weighted by molar-refractivity contribution is 5.78. The zero-order valence-corrected chi connectivity index (χ0v) is 13.6. The molecule has 1 saturated carbocycles. The van der Waals surface area contributed by atoms with Crippen molar-refractivity contribution in [3.8, 4) is 0 Å². The van der Waals surface area contributed by atoms with Gasteiger partial charge in [-0.1, -0.05) is 30.3 Å². The minimum atomic E-state index is -1.85. The van der Waals surface area contributed by atoms with Crippen LogP contribution in [-0.2, 0) is 20.9 Å². The van der Waals surface area contributed by atoms with Crippen LogP contribution in [0.25, 0.3) is 0 Å². The van der Waals surface area contributed by atoms with Gasteiger partial charge in [0.25, 0.3) is 0 Å². The molecule has 1 aliphatic rings. The summed E-state index contributed by atoms with van der Waals surface area (Å²) in [5, 5.41) is 22.1. The number of amides is 1. The van der Waals surface area contributed by atoms with Crippen molar-refractivity contribution in [1.29, 1.82) is 0 Å². The Kier molecular flexibility index (Phi) is 5.93. The highest BCUT2D eigenvalue weighted by Gasteiger charge is 2.50. The maximum absolute atomic E-state index is 11.5. The number of hydrogen-bond acceptors (Lipinski definition) is 5. The molecule has 0 aromatic heterocycles. The summed E-state index contributed by atoms with van der Waals surface area (Å²) in [6, 6.07) is 8.61. The Morgan fingerprint density at radius 1 is 1.38 bits per heavy atom. The molecular weight excluding hydrogens is 312 g/mol. The van der Waals surface area contributed by atoms with Crippen LogP contribution in [0, 0.1) is 5.92 Å². The van der Waals surface area contributed by atoms with E-state index in [1.807, 2.05) is 30.3 Å². The number of rotatable bonds is 7. The van der Waals surface area contributed by atoms with Crippen molar-refractivity contribution in [2.45, 2.75) is 44.1 Å². The first-order chi connectivity index (χ1) is 11.3. The smallest absolute Gasteiger partial charge is 0.335 e. The molecule has 1 aliphatic carbocycles. The number of carboxylic acids is 1. The molecule has 7 heteroatoms. The lowest BCUT2D eigenvalue weighted by Gasteiger charge is -2.27. The highest BCUT2D eigenvalue weighted by atomic mass is 16.5. The van der Waals surface area contributed by atoms with E-state index >= 15 is 0 Å². The summed E-state index contributed by atoms with van der Waals surface area (Å²) >= 11 is 0. The van der Waals surface area contributed by atoms with Gasteiger partial charge < -0.3 is 26.0 Å². The number of aliphatic carboxylic acids is 1. The fourth-order valence-corrected chi connectivity index (χ4v) is 3.19. The number of ether oxygens (including phenoxy) is 1. The Hall–Kier alpha value is -1.96. The first-order valence-corrected chi connectivity index (χ1v) is 7.92. The number of carboxylic acid groups (broad SMARTS) is 1. The Morgan fingerprint density at radius 3 is 2.58 bits per heavy atom. The van der Waals surface area contributed by atoms with E-state index in [1.54, 1.807) is 0 Å². The quantitative estimate of drug-likeness (QED) is 0.567. The molecule has 0 radical (unpaired) electrons. The van der Waals surface area contributed by atoms with E-state index in [1.165, 1.54) is 6.92 Å². The van der Waals surface area contributed by atoms with E-state index < -0.39 is 23.7 Å². The molecule has 2 rings (SSSR count). The number of hydrogen-bond donors (Lipinski definition) is 4. The van der Waals surface area contributed by atoms with Gasteiger partial charge in [-0.2, -0.15) is 0 Å². The second-order valence-electron chi connectivity index (χ2n) is 6.38. The lowest BCUT2D eigenvalue weighted by Crippen LogP contribution is -2.47. The molecule has 7 nitrogen and oxygen atoms in total. The third-order valence-corrected chi connectivity index (χ3v) is 4.41. The van der Waals surface area contributed by atoms with Gasteiger partial charge in [-0.15, -0.1) is 0 Å². The molecular formula is C17H24N2O5. The summed E-state index contributed by atoms with van der Waals surface area (Å²) in [5.41, 5.74) is 5.17. The summed E-state index contributed by atoms with van der Waals surface area (Å²) in [5.74, 6) is -1.90. The average molecular weight is 336 g/mol. The number of carbonyl (C=O) groups excluding carboxylic acids is 1. The zero-order chi connectivity index (χ0) is 17.7. The standard InChI is InChI=1S/C17H24N2O5/c1-11(20)19-15(10-24-9-12-5-3-2-4-6-12)13-7-17(23,16(21)22)8-14(13)18/h2-6,13-15,23H,7-10,18H2,1H3,(H,19,20)(H,21,22). The van der Waals surface area contributed by atoms with Crippen molar-refractivity contribution >= 4 is 11.9 Å². The van der Waals surface area contributed by atoms with Gasteiger partial charge in [0.05, 0.1) is 19.3 Å². The normalized spacial score (nSPS) is 27.6. The zero-order valence-electron chi connectivity index (χ0n) is 13.6. The van der Waals surface area contributed by atoms with Crippen LogP contribution in [0.4, 0.5) is 0 Å². The first-order valence-electron chi connectivity index (χ1n) is 7.92. The number of nitrogens with one attached hydrogen (secondary N) is 1. The lowest BCUT2D eigenvalue weighted by atomic mass is 9.93. The number of nitrogens with two attached hydrogens (primary N) is 1. The van der Waals surface area contributed by atoms with Gasteiger partial charge in [0, 0.05) is 19.4 Å². The number of carbonyl (C=O) groups is 2. The van der Waals surface area contributed by atoms with Crippen molar-refractivity contribution in [2.24, 2.45) is 11.7 Å². The van der Waals surface area contributed by atoms with Crippen molar-refractivity contribution in [3.63, 3.8) is 0 Å². The molecule has 1 fully saturated rings. The summed E-state index contributed by atoms with van der Waals surface area (Å²) in [6.45, 7) is 1.96. The van der Waals surface area contributed by atoms with E-state index in [2.05, 4.69) is 5.32 Å². The van der Waals surface area contributed by atoms with Crippen molar-refractivity contribution < 1.29 is 24.5 Å². The van der Waals surface area contributed by atoms with Crippen LogP contribution in [0.1, 0.15) is 25.3 Å². The number of benzene rings is 1. The predicted octanol–water partition coefficient (Wildman–Crippen LogP) is 0.261. The molecule has 4 unspecified atom stereocenters. The Labute approximate surface area is 140 Å². The maximum Gasteiger partial charge on any atom is 0.335 e. The SMILES string of the molecule is CC(=O)NC(COCc1ccccc1)C1CC(O)(C(=O)O)CC1N. The Morgan fingerprint density at radius 2 is 2.04 bits per heavy atom. The van der Waals surface area contributed by atoms with Crippen LogP contribution < -0.4 is 11.1 Å². The molecule has 0 heterocycles. The van der Waals surface area contributed by atoms with E-state index in [0.29, 0.717) is 6.61 Å². The average Bonchev–Trinajstić information content (AvgIpc) is 2.83. The third kappa shape index (κ3) is 4.53. The molecule has 132 valence electrons. The van der Waals surface area contributed by atoms with E-state index in [4.69, 9.17) is 10.5 Å². The van der Waals surface area contributed by atoms with Crippen LogP contribution in [0.3, 0.4) is 0 Å². The van der Waals surface area contributed by atoms with E-state index in [9.17, 15) is 19.8 Å². The monoisotopic (exact) mass is 336 g/mol. The van der Waals surface area contributed by atoms with Crippen LogP contribution in [0.5, 0.6) is 0 Å². The molecule has 24 heavy (non-hydrogen) atoms. The van der Waals surface area contributed by atoms with Crippen LogP contribution in [0.15, 0.2) is 30.3 Å². The van der Waals surface area contributed by atoms with Gasteiger partial charge in [-0.25, -0.2) is 4.79 Å². The molecule has 1 aromatic rings. The van der Waals surface area contributed by atoms with E-state index in [-0.39, 0.29) is 31.3 Å². The van der Waals surface area contributed by atoms with Gasteiger partial charge in [-0.3, -0.25) is 4.79 Å². The predicted molar refractivity (Wildman–Crippen MR) is 87.0 cm³/mol. The third-order valence-electron chi connectivity index (χ3n) is 4.41. The fraction of sp³-hybridized carbons (Fsp3) is 0.529. The van der Waals surface area contributed by atoms with Crippen LogP contribution in [0.2, 0.25) is 0 Å². The number of aliphatic hydroxyl groups is 1. The van der Waals surface area contributed by atoms with Crippen LogP contribution in [-0.4, -0.2) is 46.4 Å². The fourth-order valence-electron chi connectivity index (χ4n) is 3.19. The molecule has 0 saturated heterocycles. The molecule has 0 spiro atoms. The summed E-state index contributed by atoms with van der Waals surface area (Å²) in [6.07, 6.45) is -0.0507. The topological polar surface area (TPSA) is 122 Å². The second kappa shape index (κ2) is 7.74. The molecule has 1 amide bonds.